The normalized spacial score (nSPS) is 13.8. The number of nitrogens with zero attached hydrogens (tertiary/aromatic N) is 3. The van der Waals surface area contributed by atoms with Gasteiger partial charge in [-0.15, -0.1) is 0 Å². The van der Waals surface area contributed by atoms with E-state index in [2.05, 4.69) is 10.1 Å². The fourth-order valence-electron chi connectivity index (χ4n) is 1.23. The van der Waals surface area contributed by atoms with Crippen molar-refractivity contribution in [1.82, 2.24) is 14.8 Å². The molecule has 0 saturated carbocycles. The molecule has 1 aromatic rings. The van der Waals surface area contributed by atoms with Crippen LogP contribution in [0.2, 0.25) is 0 Å². The van der Waals surface area contributed by atoms with Crippen LogP contribution in [0.5, 0.6) is 0 Å². The van der Waals surface area contributed by atoms with E-state index in [4.69, 9.17) is 5.11 Å². The fraction of sp³-hybridized carbons (Fsp3) is 0.625. The lowest BCUT2D eigenvalue weighted by molar-refractivity contribution is -0.196. The van der Waals surface area contributed by atoms with Crippen LogP contribution < -0.4 is 0 Å². The number of aliphatic carboxylic acids is 1. The van der Waals surface area contributed by atoms with Gasteiger partial charge in [0, 0.05) is 0 Å². The molecule has 0 aliphatic heterocycles. The Kier molecular flexibility index (Phi) is 3.20. The molecule has 1 rings (SSSR count). The van der Waals surface area contributed by atoms with Gasteiger partial charge in [0.1, 0.15) is 11.6 Å². The predicted octanol–water partition coefficient (Wildman–Crippen LogP) is 1.16. The van der Waals surface area contributed by atoms with Gasteiger partial charge in [0.2, 0.25) is 0 Å². The van der Waals surface area contributed by atoms with Gasteiger partial charge in [-0.05, 0) is 13.8 Å². The van der Waals surface area contributed by atoms with Crippen molar-refractivity contribution in [2.75, 3.05) is 0 Å². The Bertz CT molecular complexity index is 400. The molecule has 16 heavy (non-hydrogen) atoms. The Morgan fingerprint density at radius 3 is 2.38 bits per heavy atom. The van der Waals surface area contributed by atoms with Gasteiger partial charge in [0.05, 0.1) is 6.54 Å². The van der Waals surface area contributed by atoms with E-state index in [1.54, 1.807) is 0 Å². The number of hydrogen-bond donors (Lipinski definition) is 1. The molecule has 1 atom stereocenters. The number of aryl methyl sites for hydroxylation is 2. The maximum Gasteiger partial charge on any atom is 0.404 e. The van der Waals surface area contributed by atoms with Crippen LogP contribution >= 0.6 is 0 Å². The van der Waals surface area contributed by atoms with Crippen LogP contribution in [0.25, 0.3) is 0 Å². The van der Waals surface area contributed by atoms with Crippen molar-refractivity contribution in [2.24, 2.45) is 5.92 Å². The zero-order chi connectivity index (χ0) is 12.5. The van der Waals surface area contributed by atoms with Gasteiger partial charge in [0.25, 0.3) is 0 Å². The fourth-order valence-corrected chi connectivity index (χ4v) is 1.23. The minimum absolute atomic E-state index is 0.257. The maximum absolute atomic E-state index is 12.4. The van der Waals surface area contributed by atoms with Crippen molar-refractivity contribution in [2.45, 2.75) is 26.6 Å². The van der Waals surface area contributed by atoms with E-state index in [0.717, 1.165) is 4.68 Å². The van der Waals surface area contributed by atoms with Crippen molar-refractivity contribution in [3.8, 4) is 0 Å². The molecule has 0 spiro atoms. The van der Waals surface area contributed by atoms with Crippen LogP contribution in [0.1, 0.15) is 11.6 Å². The highest BCUT2D eigenvalue weighted by molar-refractivity contribution is 5.70. The Morgan fingerprint density at radius 2 is 2.06 bits per heavy atom. The molecule has 0 aromatic carbocycles. The first-order valence-electron chi connectivity index (χ1n) is 4.39. The van der Waals surface area contributed by atoms with E-state index >= 15 is 0 Å². The van der Waals surface area contributed by atoms with E-state index in [9.17, 15) is 18.0 Å². The Balaban J connectivity index is 2.93. The van der Waals surface area contributed by atoms with Crippen LogP contribution in [-0.4, -0.2) is 32.0 Å². The lowest BCUT2D eigenvalue weighted by Gasteiger charge is -2.16. The average Bonchev–Trinajstić information content (AvgIpc) is 2.38. The zero-order valence-electron chi connectivity index (χ0n) is 8.62. The van der Waals surface area contributed by atoms with E-state index in [0.29, 0.717) is 5.82 Å². The first-order chi connectivity index (χ1) is 7.21. The topological polar surface area (TPSA) is 68.0 Å². The molecule has 5 nitrogen and oxygen atoms in total. The summed E-state index contributed by atoms with van der Waals surface area (Å²) in [6, 6.07) is 0. The summed E-state index contributed by atoms with van der Waals surface area (Å²) in [6.07, 6.45) is -4.79. The summed E-state index contributed by atoms with van der Waals surface area (Å²) in [7, 11) is 0. The summed E-state index contributed by atoms with van der Waals surface area (Å²) in [5.41, 5.74) is 0. The SMILES string of the molecule is Cc1nc(C)n(CC(C(=O)O)C(F)(F)F)n1. The molecule has 0 saturated heterocycles. The Morgan fingerprint density at radius 1 is 1.50 bits per heavy atom. The van der Waals surface area contributed by atoms with Crippen LogP contribution in [0, 0.1) is 19.8 Å². The molecule has 0 amide bonds. The van der Waals surface area contributed by atoms with Crippen molar-refractivity contribution in [3.63, 3.8) is 0 Å². The van der Waals surface area contributed by atoms with Gasteiger partial charge in [-0.1, -0.05) is 0 Å². The second kappa shape index (κ2) is 4.11. The van der Waals surface area contributed by atoms with Gasteiger partial charge >= 0.3 is 12.1 Å². The first kappa shape index (κ1) is 12.5. The number of halogens is 3. The van der Waals surface area contributed by atoms with E-state index in [1.807, 2.05) is 0 Å². The highest BCUT2D eigenvalue weighted by Crippen LogP contribution is 2.27. The average molecular weight is 237 g/mol. The van der Waals surface area contributed by atoms with E-state index in [-0.39, 0.29) is 5.82 Å². The number of aromatic nitrogens is 3. The summed E-state index contributed by atoms with van der Waals surface area (Å²) in [6.45, 7) is 2.23. The summed E-state index contributed by atoms with van der Waals surface area (Å²) in [5.74, 6) is -3.82. The van der Waals surface area contributed by atoms with Crippen molar-refractivity contribution in [1.29, 1.82) is 0 Å². The van der Waals surface area contributed by atoms with Gasteiger partial charge in [-0.2, -0.15) is 18.3 Å². The number of rotatable bonds is 3. The largest absolute Gasteiger partial charge is 0.481 e. The highest BCUT2D eigenvalue weighted by atomic mass is 19.4. The van der Waals surface area contributed by atoms with Crippen LogP contribution in [0.3, 0.4) is 0 Å². The second-order valence-corrected chi connectivity index (χ2v) is 3.32. The predicted molar refractivity (Wildman–Crippen MR) is 46.7 cm³/mol. The number of alkyl halides is 3. The molecule has 0 aliphatic rings. The lowest BCUT2D eigenvalue weighted by atomic mass is 10.1. The molecule has 1 unspecified atom stereocenters. The standard InChI is InChI=1S/C8H10F3N3O2/c1-4-12-5(2)14(13-4)3-6(7(15)16)8(9,10)11/h6H,3H2,1-2H3,(H,15,16). The molecule has 0 radical (unpaired) electrons. The number of carbonyl (C=O) groups is 1. The third kappa shape index (κ3) is 2.71. The summed E-state index contributed by atoms with van der Waals surface area (Å²) < 4.78 is 38.0. The Labute approximate surface area is 88.9 Å². The molecule has 1 heterocycles. The minimum Gasteiger partial charge on any atom is -0.481 e. The molecular weight excluding hydrogens is 227 g/mol. The van der Waals surface area contributed by atoms with Gasteiger partial charge < -0.3 is 5.11 Å². The Hall–Kier alpha value is -1.60. The molecule has 0 fully saturated rings. The molecule has 0 bridgehead atoms. The van der Waals surface area contributed by atoms with Gasteiger partial charge in [-0.3, -0.25) is 4.79 Å². The third-order valence-corrected chi connectivity index (χ3v) is 2.01. The number of carboxylic acids is 1. The molecule has 1 aromatic heterocycles. The lowest BCUT2D eigenvalue weighted by Crippen LogP contribution is -2.34. The molecule has 90 valence electrons. The highest BCUT2D eigenvalue weighted by Gasteiger charge is 2.45. The smallest absolute Gasteiger partial charge is 0.404 e. The summed E-state index contributed by atoms with van der Waals surface area (Å²) in [4.78, 5) is 14.3. The number of hydrogen-bond acceptors (Lipinski definition) is 3. The molecule has 1 N–H and O–H groups in total. The zero-order valence-corrected chi connectivity index (χ0v) is 8.62. The minimum atomic E-state index is -4.79. The van der Waals surface area contributed by atoms with E-state index < -0.39 is 24.6 Å². The van der Waals surface area contributed by atoms with Crippen LogP contribution in [-0.2, 0) is 11.3 Å². The van der Waals surface area contributed by atoms with Crippen LogP contribution in [0.15, 0.2) is 0 Å². The maximum atomic E-state index is 12.4. The van der Waals surface area contributed by atoms with Crippen LogP contribution in [0.4, 0.5) is 13.2 Å². The summed E-state index contributed by atoms with van der Waals surface area (Å²) >= 11 is 0. The quantitative estimate of drug-likeness (QED) is 0.856. The molecular formula is C8H10F3N3O2. The van der Waals surface area contributed by atoms with Crippen molar-refractivity contribution >= 4 is 5.97 Å². The van der Waals surface area contributed by atoms with Gasteiger partial charge in [0.15, 0.2) is 5.92 Å². The molecule has 8 heteroatoms. The van der Waals surface area contributed by atoms with Crippen molar-refractivity contribution in [3.05, 3.63) is 11.6 Å². The second-order valence-electron chi connectivity index (χ2n) is 3.32. The van der Waals surface area contributed by atoms with Gasteiger partial charge in [-0.25, -0.2) is 9.67 Å². The van der Waals surface area contributed by atoms with E-state index in [1.165, 1.54) is 13.8 Å². The van der Waals surface area contributed by atoms with Crippen molar-refractivity contribution < 1.29 is 23.1 Å². The third-order valence-electron chi connectivity index (χ3n) is 2.01. The summed E-state index contributed by atoms with van der Waals surface area (Å²) in [5, 5.41) is 12.2. The first-order valence-corrected chi connectivity index (χ1v) is 4.39. The monoisotopic (exact) mass is 237 g/mol. The molecule has 0 aliphatic carbocycles. The number of carboxylic acid groups (broad SMARTS) is 1.